The third-order valence-electron chi connectivity index (χ3n) is 2.70. The predicted octanol–water partition coefficient (Wildman–Crippen LogP) is 3.92. The molecule has 1 atom stereocenters. The van der Waals surface area contributed by atoms with Crippen LogP contribution in [0.15, 0.2) is 0 Å². The second kappa shape index (κ2) is 10.5. The zero-order chi connectivity index (χ0) is 17.6. The minimum atomic E-state index is -2.06. The third kappa shape index (κ3) is 7.02. The molecule has 0 amide bonds. The van der Waals surface area contributed by atoms with Gasteiger partial charge in [0.2, 0.25) is 0 Å². The number of hydrogen-bond acceptors (Lipinski definition) is 2. The summed E-state index contributed by atoms with van der Waals surface area (Å²) >= 11 is 35.3. The van der Waals surface area contributed by atoms with Gasteiger partial charge in [-0.15, -0.1) is 69.6 Å². The molecule has 0 radical (unpaired) electrons. The van der Waals surface area contributed by atoms with Gasteiger partial charge in [-0.25, -0.2) is 9.18 Å². The van der Waals surface area contributed by atoms with Crippen LogP contribution in [0.1, 0.15) is 12.8 Å². The highest BCUT2D eigenvalue weighted by atomic mass is 35.5. The molecule has 2 N–H and O–H groups in total. The lowest BCUT2D eigenvalue weighted by Gasteiger charge is -2.37. The van der Waals surface area contributed by atoms with E-state index in [9.17, 15) is 14.0 Å². The molecule has 22 heavy (non-hydrogen) atoms. The Morgan fingerprint density at radius 3 is 1.27 bits per heavy atom. The van der Waals surface area contributed by atoms with Crippen LogP contribution >= 0.6 is 69.6 Å². The van der Waals surface area contributed by atoms with Gasteiger partial charge in [0.1, 0.15) is 0 Å². The van der Waals surface area contributed by atoms with Crippen LogP contribution in [0, 0.1) is 0 Å². The molecule has 1 aliphatic carbocycles. The van der Waals surface area contributed by atoms with E-state index in [-0.39, 0.29) is 0 Å². The van der Waals surface area contributed by atoms with Crippen molar-refractivity contribution in [3.8, 4) is 0 Å². The lowest BCUT2D eigenvalue weighted by atomic mass is 9.97. The van der Waals surface area contributed by atoms with E-state index in [2.05, 4.69) is 0 Å². The molecule has 0 aromatic rings. The summed E-state index contributed by atoms with van der Waals surface area (Å²) in [6.07, 6.45) is -2.98. The van der Waals surface area contributed by atoms with Crippen molar-refractivity contribution in [2.45, 2.75) is 51.3 Å². The van der Waals surface area contributed by atoms with Crippen LogP contribution in [-0.4, -0.2) is 60.6 Å². The number of hydrogen-bond donors (Lipinski definition) is 2. The molecule has 0 saturated heterocycles. The van der Waals surface area contributed by atoms with Crippen molar-refractivity contribution >= 4 is 81.5 Å². The summed E-state index contributed by atoms with van der Waals surface area (Å²) in [4.78, 5) is 19.5. The van der Waals surface area contributed by atoms with Gasteiger partial charge in [-0.05, 0) is 6.42 Å². The van der Waals surface area contributed by atoms with Crippen LogP contribution in [0.3, 0.4) is 0 Å². The first-order valence-electron chi connectivity index (χ1n) is 5.93. The molecule has 0 aromatic carbocycles. The van der Waals surface area contributed by atoms with Gasteiger partial charge < -0.3 is 10.2 Å². The summed E-state index contributed by atoms with van der Waals surface area (Å²) in [7, 11) is 0. The Morgan fingerprint density at radius 2 is 1.09 bits per heavy atom. The SMILES string of the molecule is Cl[C@H]1[C@H](Cl)[C@@H](Cl)[C@@H](Cl)[C@H](Cl)[C@H]1Cl.O=C(O)CCC(F)C(=O)O. The van der Waals surface area contributed by atoms with Crippen molar-refractivity contribution in [2.75, 3.05) is 0 Å². The number of carboxylic acid groups (broad SMARTS) is 2. The topological polar surface area (TPSA) is 74.6 Å². The fourth-order valence-electron chi connectivity index (χ4n) is 1.43. The summed E-state index contributed by atoms with van der Waals surface area (Å²) in [5.74, 6) is -2.80. The highest BCUT2D eigenvalue weighted by Crippen LogP contribution is 2.39. The first-order valence-corrected chi connectivity index (χ1v) is 8.55. The third-order valence-corrected chi connectivity index (χ3v) is 6.74. The highest BCUT2D eigenvalue weighted by Gasteiger charge is 2.46. The number of rotatable bonds is 4. The van der Waals surface area contributed by atoms with Crippen LogP contribution < -0.4 is 0 Å². The molecule has 0 spiro atoms. The summed E-state index contributed by atoms with van der Waals surface area (Å²) in [5.41, 5.74) is 0. The second-order valence-corrected chi connectivity index (χ2v) is 7.43. The molecule has 1 saturated carbocycles. The molecule has 0 aromatic heterocycles. The van der Waals surface area contributed by atoms with E-state index in [1.165, 1.54) is 0 Å². The minimum Gasteiger partial charge on any atom is -0.481 e. The molecule has 1 unspecified atom stereocenters. The van der Waals surface area contributed by atoms with Crippen LogP contribution in [-0.2, 0) is 9.59 Å². The number of halogens is 7. The molecule has 0 heterocycles. The van der Waals surface area contributed by atoms with Gasteiger partial charge in [0, 0.05) is 6.42 Å². The van der Waals surface area contributed by atoms with E-state index in [0.29, 0.717) is 0 Å². The Kier molecular flexibility index (Phi) is 10.8. The Hall–Kier alpha value is 0.610. The fourth-order valence-corrected chi connectivity index (χ4v) is 3.76. The van der Waals surface area contributed by atoms with Crippen LogP contribution in [0.2, 0.25) is 0 Å². The van der Waals surface area contributed by atoms with E-state index in [0.717, 1.165) is 0 Å². The molecule has 11 heteroatoms. The number of aliphatic carboxylic acids is 2. The van der Waals surface area contributed by atoms with E-state index >= 15 is 0 Å². The van der Waals surface area contributed by atoms with Crippen molar-refractivity contribution in [2.24, 2.45) is 0 Å². The quantitative estimate of drug-likeness (QED) is 0.650. The Morgan fingerprint density at radius 1 is 0.818 bits per heavy atom. The zero-order valence-electron chi connectivity index (χ0n) is 10.8. The number of alkyl halides is 7. The molecular weight excluding hydrogens is 428 g/mol. The molecule has 0 aliphatic heterocycles. The lowest BCUT2D eigenvalue weighted by Crippen LogP contribution is -2.52. The zero-order valence-corrected chi connectivity index (χ0v) is 15.3. The first kappa shape index (κ1) is 22.6. The van der Waals surface area contributed by atoms with Gasteiger partial charge in [-0.3, -0.25) is 4.79 Å². The molecule has 4 nitrogen and oxygen atoms in total. The smallest absolute Gasteiger partial charge is 0.338 e. The average molecular weight is 441 g/mol. The Bertz CT molecular complexity index is 329. The van der Waals surface area contributed by atoms with E-state index in [1.807, 2.05) is 0 Å². The summed E-state index contributed by atoms with van der Waals surface area (Å²) in [6, 6.07) is 0. The van der Waals surface area contributed by atoms with E-state index in [4.69, 9.17) is 79.8 Å². The van der Waals surface area contributed by atoms with Crippen molar-refractivity contribution in [3.05, 3.63) is 0 Å². The lowest BCUT2D eigenvalue weighted by molar-refractivity contribution is -0.143. The number of carboxylic acids is 2. The molecule has 130 valence electrons. The summed E-state index contributed by atoms with van der Waals surface area (Å²) in [5, 5.41) is 13.3. The van der Waals surface area contributed by atoms with Crippen LogP contribution in [0.5, 0.6) is 0 Å². The molecule has 0 bridgehead atoms. The van der Waals surface area contributed by atoms with Crippen LogP contribution in [0.4, 0.5) is 4.39 Å². The predicted molar refractivity (Wildman–Crippen MR) is 87.2 cm³/mol. The van der Waals surface area contributed by atoms with Gasteiger partial charge in [0.15, 0.2) is 6.17 Å². The molecule has 1 rings (SSSR count). The van der Waals surface area contributed by atoms with Crippen molar-refractivity contribution in [1.82, 2.24) is 0 Å². The van der Waals surface area contributed by atoms with Gasteiger partial charge in [0.25, 0.3) is 0 Å². The monoisotopic (exact) mass is 438 g/mol. The summed E-state index contributed by atoms with van der Waals surface area (Å²) < 4.78 is 12.0. The maximum atomic E-state index is 12.0. The van der Waals surface area contributed by atoms with Crippen molar-refractivity contribution < 1.29 is 24.2 Å². The average Bonchev–Trinajstić information content (AvgIpc) is 2.47. The van der Waals surface area contributed by atoms with Crippen molar-refractivity contribution in [1.29, 1.82) is 0 Å². The maximum absolute atomic E-state index is 12.0. The van der Waals surface area contributed by atoms with E-state index in [1.54, 1.807) is 0 Å². The second-order valence-electron chi connectivity index (χ2n) is 4.40. The first-order chi connectivity index (χ1) is 10.0. The standard InChI is InChI=1S/C6H6Cl6.C5H7FO4/c7-1-2(8)4(10)6(12)5(11)3(1)9;6-3(5(9)10)1-2-4(7)8/h1-6H;3H,1-2H2,(H,7,8)(H,9,10)/t1-,2-,3-,4+,5+,6+;. The van der Waals surface area contributed by atoms with Crippen molar-refractivity contribution in [3.63, 3.8) is 0 Å². The summed E-state index contributed by atoms with van der Waals surface area (Å²) in [6.45, 7) is 0. The van der Waals surface area contributed by atoms with Gasteiger partial charge in [0.05, 0.1) is 32.3 Å². The molecular formula is C11H13Cl6FO4. The molecule has 1 fully saturated rings. The number of carbonyl (C=O) groups is 2. The fraction of sp³-hybridized carbons (Fsp3) is 0.818. The largest absolute Gasteiger partial charge is 0.481 e. The van der Waals surface area contributed by atoms with E-state index < -0.39 is 63.2 Å². The Balaban J connectivity index is 0.000000409. The maximum Gasteiger partial charge on any atom is 0.338 e. The molecule has 1 aliphatic rings. The normalized spacial score (nSPS) is 36.0. The van der Waals surface area contributed by atoms with Gasteiger partial charge in [-0.1, -0.05) is 0 Å². The van der Waals surface area contributed by atoms with Crippen LogP contribution in [0.25, 0.3) is 0 Å². The Labute approximate surface area is 156 Å². The van der Waals surface area contributed by atoms with Gasteiger partial charge >= 0.3 is 11.9 Å². The van der Waals surface area contributed by atoms with Gasteiger partial charge in [-0.2, -0.15) is 0 Å². The minimum absolute atomic E-state index is 0.437. The highest BCUT2D eigenvalue weighted by molar-refractivity contribution is 6.45.